The van der Waals surface area contributed by atoms with Crippen molar-refractivity contribution in [1.29, 1.82) is 0 Å². The highest BCUT2D eigenvalue weighted by atomic mass is 79.9. The van der Waals surface area contributed by atoms with Gasteiger partial charge in [0, 0.05) is 6.42 Å². The Bertz CT molecular complexity index is 1250. The molecule has 3 aromatic rings. The Balaban J connectivity index is 1.46. The van der Waals surface area contributed by atoms with Crippen molar-refractivity contribution >= 4 is 33.9 Å². The number of rotatable bonds is 7. The van der Waals surface area contributed by atoms with Crippen molar-refractivity contribution in [3.05, 3.63) is 93.6 Å². The molecule has 7 heteroatoms. The van der Waals surface area contributed by atoms with Gasteiger partial charge in [0.25, 0.3) is 0 Å². The van der Waals surface area contributed by atoms with E-state index in [1.807, 2.05) is 49.4 Å². The number of benzene rings is 3. The van der Waals surface area contributed by atoms with E-state index < -0.39 is 17.8 Å². The zero-order valence-electron chi connectivity index (χ0n) is 18.7. The van der Waals surface area contributed by atoms with Gasteiger partial charge >= 0.3 is 5.97 Å². The second kappa shape index (κ2) is 10.1. The van der Waals surface area contributed by atoms with Crippen LogP contribution in [-0.2, 0) is 16.0 Å². The molecule has 1 amide bonds. The van der Waals surface area contributed by atoms with E-state index in [1.54, 1.807) is 31.2 Å². The first-order valence-electron chi connectivity index (χ1n) is 10.9. The molecule has 2 atom stereocenters. The summed E-state index contributed by atoms with van der Waals surface area (Å²) in [6.07, 6.45) is 2.33. The Morgan fingerprint density at radius 2 is 1.88 bits per heavy atom. The lowest BCUT2D eigenvalue weighted by atomic mass is 9.96. The molecular formula is C27H24BrNO5. The van der Waals surface area contributed by atoms with Crippen LogP contribution in [0.2, 0.25) is 0 Å². The summed E-state index contributed by atoms with van der Waals surface area (Å²) in [5.74, 6) is -0.0230. The highest BCUT2D eigenvalue weighted by molar-refractivity contribution is 9.10. The van der Waals surface area contributed by atoms with Gasteiger partial charge in [-0.15, -0.1) is 0 Å². The molecule has 0 aromatic heterocycles. The SMILES string of the molecule is CC1Cc2cc(C(C)C(=O)NC(=Cc3ccc(Oc4ccccc4Br)cc3)C(=O)O)ccc2O1. The molecule has 0 spiro atoms. The fourth-order valence-electron chi connectivity index (χ4n) is 3.71. The molecule has 1 aliphatic heterocycles. The number of nitrogens with one attached hydrogen (secondary N) is 1. The van der Waals surface area contributed by atoms with Crippen molar-refractivity contribution in [3.63, 3.8) is 0 Å². The highest BCUT2D eigenvalue weighted by Crippen LogP contribution is 2.32. The van der Waals surface area contributed by atoms with E-state index in [1.165, 1.54) is 6.08 Å². The molecule has 2 N–H and O–H groups in total. The van der Waals surface area contributed by atoms with Gasteiger partial charge in [0.1, 0.15) is 29.0 Å². The molecule has 0 saturated carbocycles. The van der Waals surface area contributed by atoms with Crippen molar-refractivity contribution in [2.75, 3.05) is 0 Å². The number of carboxylic acids is 1. The summed E-state index contributed by atoms with van der Waals surface area (Å²) in [4.78, 5) is 24.6. The van der Waals surface area contributed by atoms with Gasteiger partial charge in [-0.3, -0.25) is 4.79 Å². The third kappa shape index (κ3) is 5.48. The first kappa shape index (κ1) is 23.6. The number of ether oxygens (including phenoxy) is 2. The number of amides is 1. The third-order valence-corrected chi connectivity index (χ3v) is 6.21. The second-order valence-corrected chi connectivity index (χ2v) is 9.03. The number of carbonyl (C=O) groups excluding carboxylic acids is 1. The molecule has 4 rings (SSSR count). The predicted octanol–water partition coefficient (Wildman–Crippen LogP) is 5.91. The number of para-hydroxylation sites is 1. The summed E-state index contributed by atoms with van der Waals surface area (Å²) >= 11 is 3.44. The Kier molecular flexibility index (Phi) is 7.03. The summed E-state index contributed by atoms with van der Waals surface area (Å²) in [5.41, 5.74) is 2.29. The maximum Gasteiger partial charge on any atom is 0.352 e. The van der Waals surface area contributed by atoms with Crippen LogP contribution in [0.5, 0.6) is 17.2 Å². The molecule has 2 unspecified atom stereocenters. The van der Waals surface area contributed by atoms with Gasteiger partial charge in [0.15, 0.2) is 0 Å². The molecule has 3 aromatic carbocycles. The van der Waals surface area contributed by atoms with Crippen molar-refractivity contribution in [2.24, 2.45) is 0 Å². The number of fused-ring (bicyclic) bond motifs is 1. The zero-order chi connectivity index (χ0) is 24.2. The van der Waals surface area contributed by atoms with Gasteiger partial charge in [0.2, 0.25) is 5.91 Å². The number of hydrogen-bond acceptors (Lipinski definition) is 4. The van der Waals surface area contributed by atoms with Crippen LogP contribution in [-0.4, -0.2) is 23.1 Å². The quantitative estimate of drug-likeness (QED) is 0.377. The van der Waals surface area contributed by atoms with E-state index in [9.17, 15) is 14.7 Å². The summed E-state index contributed by atoms with van der Waals surface area (Å²) in [7, 11) is 0. The minimum Gasteiger partial charge on any atom is -0.490 e. The fourth-order valence-corrected chi connectivity index (χ4v) is 4.07. The molecule has 0 saturated heterocycles. The molecule has 1 heterocycles. The van der Waals surface area contributed by atoms with E-state index in [-0.39, 0.29) is 11.8 Å². The van der Waals surface area contributed by atoms with Crippen molar-refractivity contribution in [3.8, 4) is 17.2 Å². The summed E-state index contributed by atoms with van der Waals surface area (Å²) in [6.45, 7) is 3.75. The molecular weight excluding hydrogens is 498 g/mol. The molecule has 6 nitrogen and oxygen atoms in total. The van der Waals surface area contributed by atoms with Crippen LogP contribution < -0.4 is 14.8 Å². The Morgan fingerprint density at radius 1 is 1.15 bits per heavy atom. The van der Waals surface area contributed by atoms with Crippen LogP contribution in [0.25, 0.3) is 6.08 Å². The van der Waals surface area contributed by atoms with E-state index in [4.69, 9.17) is 9.47 Å². The first-order valence-corrected chi connectivity index (χ1v) is 11.7. The average molecular weight is 522 g/mol. The van der Waals surface area contributed by atoms with Gasteiger partial charge in [0.05, 0.1) is 10.4 Å². The van der Waals surface area contributed by atoms with Gasteiger partial charge in [-0.25, -0.2) is 4.79 Å². The minimum atomic E-state index is -1.22. The molecule has 0 aliphatic carbocycles. The minimum absolute atomic E-state index is 0.113. The average Bonchev–Trinajstić information content (AvgIpc) is 3.19. The number of aliphatic carboxylic acids is 1. The Morgan fingerprint density at radius 3 is 2.59 bits per heavy atom. The van der Waals surface area contributed by atoms with Crippen molar-refractivity contribution in [1.82, 2.24) is 5.32 Å². The van der Waals surface area contributed by atoms with Gasteiger partial charge in [-0.05, 0) is 82.9 Å². The van der Waals surface area contributed by atoms with Gasteiger partial charge < -0.3 is 19.9 Å². The summed E-state index contributed by atoms with van der Waals surface area (Å²) < 4.78 is 12.4. The van der Waals surface area contributed by atoms with Crippen LogP contribution in [0.1, 0.15) is 36.5 Å². The normalized spacial score (nSPS) is 15.7. The van der Waals surface area contributed by atoms with E-state index in [0.29, 0.717) is 17.1 Å². The summed E-state index contributed by atoms with van der Waals surface area (Å²) in [6, 6.07) is 20.1. The molecule has 0 bridgehead atoms. The molecule has 34 heavy (non-hydrogen) atoms. The maximum atomic E-state index is 12.8. The van der Waals surface area contributed by atoms with Crippen molar-refractivity contribution < 1.29 is 24.2 Å². The lowest BCUT2D eigenvalue weighted by Gasteiger charge is -2.14. The van der Waals surface area contributed by atoms with Crippen LogP contribution >= 0.6 is 15.9 Å². The fraction of sp³-hybridized carbons (Fsp3) is 0.185. The number of halogens is 1. The summed E-state index contributed by atoms with van der Waals surface area (Å²) in [5, 5.41) is 12.2. The lowest BCUT2D eigenvalue weighted by Crippen LogP contribution is -2.30. The van der Waals surface area contributed by atoms with E-state index >= 15 is 0 Å². The Hall–Kier alpha value is -3.58. The monoisotopic (exact) mass is 521 g/mol. The smallest absolute Gasteiger partial charge is 0.352 e. The van der Waals surface area contributed by atoms with Crippen LogP contribution in [0.15, 0.2) is 76.9 Å². The predicted molar refractivity (Wildman–Crippen MR) is 133 cm³/mol. The topological polar surface area (TPSA) is 84.9 Å². The Labute approximate surface area is 206 Å². The van der Waals surface area contributed by atoms with Crippen LogP contribution in [0, 0.1) is 0 Å². The van der Waals surface area contributed by atoms with Crippen LogP contribution in [0.4, 0.5) is 0 Å². The molecule has 0 fully saturated rings. The third-order valence-electron chi connectivity index (χ3n) is 5.56. The van der Waals surface area contributed by atoms with Gasteiger partial charge in [-0.1, -0.05) is 36.4 Å². The van der Waals surface area contributed by atoms with E-state index in [0.717, 1.165) is 27.8 Å². The first-order chi connectivity index (χ1) is 16.3. The lowest BCUT2D eigenvalue weighted by molar-refractivity contribution is -0.134. The number of carbonyl (C=O) groups is 2. The molecule has 0 radical (unpaired) electrons. The second-order valence-electron chi connectivity index (χ2n) is 8.18. The number of carboxylic acid groups (broad SMARTS) is 1. The van der Waals surface area contributed by atoms with Crippen molar-refractivity contribution in [2.45, 2.75) is 32.3 Å². The zero-order valence-corrected chi connectivity index (χ0v) is 20.3. The van der Waals surface area contributed by atoms with E-state index in [2.05, 4.69) is 21.2 Å². The van der Waals surface area contributed by atoms with Gasteiger partial charge in [-0.2, -0.15) is 0 Å². The maximum absolute atomic E-state index is 12.8. The standard InChI is InChI=1S/C27H24BrNO5/c1-16-13-20-15-19(9-12-24(20)33-16)17(2)26(30)29-23(27(31)32)14-18-7-10-21(11-8-18)34-25-6-4-3-5-22(25)28/h3-12,14-17H,13H2,1-2H3,(H,29,30)(H,31,32). The molecule has 1 aliphatic rings. The highest BCUT2D eigenvalue weighted by Gasteiger charge is 2.23. The largest absolute Gasteiger partial charge is 0.490 e. The van der Waals surface area contributed by atoms with Crippen LogP contribution in [0.3, 0.4) is 0 Å². The number of hydrogen-bond donors (Lipinski definition) is 2. The molecule has 174 valence electrons.